The molecule has 1 aliphatic heterocycles. The predicted molar refractivity (Wildman–Crippen MR) is 83.3 cm³/mol. The molecular formula is C13H16Cl2N2OS. The molecule has 1 amide bonds. The van der Waals surface area contributed by atoms with Crippen LogP contribution in [-0.2, 0) is 0 Å². The van der Waals surface area contributed by atoms with E-state index in [1.807, 2.05) is 11.8 Å². The van der Waals surface area contributed by atoms with Crippen LogP contribution in [0.2, 0.25) is 10.0 Å². The summed E-state index contributed by atoms with van der Waals surface area (Å²) in [6.45, 7) is 0.708. The molecule has 0 bridgehead atoms. The Morgan fingerprint density at radius 1 is 1.37 bits per heavy atom. The number of nitrogens with one attached hydrogen (secondary N) is 1. The van der Waals surface area contributed by atoms with Crippen molar-refractivity contribution in [2.24, 2.45) is 5.92 Å². The van der Waals surface area contributed by atoms with Crippen LogP contribution in [0.25, 0.3) is 0 Å². The lowest BCUT2D eigenvalue weighted by molar-refractivity contribution is 0.0946. The Kier molecular flexibility index (Phi) is 5.25. The summed E-state index contributed by atoms with van der Waals surface area (Å²) in [5, 5.41) is 3.54. The van der Waals surface area contributed by atoms with E-state index in [0.29, 0.717) is 33.8 Å². The third kappa shape index (κ3) is 3.94. The molecule has 1 fully saturated rings. The second kappa shape index (κ2) is 6.73. The Morgan fingerprint density at radius 3 is 2.68 bits per heavy atom. The molecule has 2 rings (SSSR count). The second-order valence-electron chi connectivity index (χ2n) is 4.63. The zero-order valence-electron chi connectivity index (χ0n) is 10.4. The molecule has 1 aromatic rings. The monoisotopic (exact) mass is 318 g/mol. The molecule has 3 nitrogen and oxygen atoms in total. The highest BCUT2D eigenvalue weighted by molar-refractivity contribution is 7.99. The van der Waals surface area contributed by atoms with Crippen LogP contribution in [0.1, 0.15) is 23.2 Å². The highest BCUT2D eigenvalue weighted by Crippen LogP contribution is 2.29. The molecule has 0 aliphatic carbocycles. The number of anilines is 1. The normalized spacial score (nSPS) is 16.3. The minimum Gasteiger partial charge on any atom is -0.397 e. The van der Waals surface area contributed by atoms with E-state index in [1.165, 1.54) is 11.5 Å². The van der Waals surface area contributed by atoms with Crippen molar-refractivity contribution in [1.82, 2.24) is 5.32 Å². The molecule has 0 atom stereocenters. The van der Waals surface area contributed by atoms with Crippen molar-refractivity contribution in [3.63, 3.8) is 0 Å². The summed E-state index contributed by atoms with van der Waals surface area (Å²) in [7, 11) is 0. The number of amides is 1. The van der Waals surface area contributed by atoms with Crippen molar-refractivity contribution >= 4 is 46.6 Å². The smallest absolute Gasteiger partial charge is 0.251 e. The van der Waals surface area contributed by atoms with E-state index in [1.54, 1.807) is 12.1 Å². The van der Waals surface area contributed by atoms with Gasteiger partial charge in [0.15, 0.2) is 0 Å². The van der Waals surface area contributed by atoms with Gasteiger partial charge in [-0.05, 0) is 42.4 Å². The van der Waals surface area contributed by atoms with Crippen LogP contribution in [0.5, 0.6) is 0 Å². The van der Waals surface area contributed by atoms with Crippen molar-refractivity contribution in [2.45, 2.75) is 12.8 Å². The first-order chi connectivity index (χ1) is 9.08. The summed E-state index contributed by atoms with van der Waals surface area (Å²) < 4.78 is 0. The maximum Gasteiger partial charge on any atom is 0.251 e. The minimum atomic E-state index is -0.150. The fourth-order valence-corrected chi connectivity index (χ4v) is 3.57. The lowest BCUT2D eigenvalue weighted by atomic mass is 10.0. The number of halogens is 2. The van der Waals surface area contributed by atoms with E-state index < -0.39 is 0 Å². The number of rotatable bonds is 3. The van der Waals surface area contributed by atoms with E-state index in [0.717, 1.165) is 12.8 Å². The zero-order valence-corrected chi connectivity index (χ0v) is 12.7. The Balaban J connectivity index is 1.96. The molecule has 6 heteroatoms. The highest BCUT2D eigenvalue weighted by Gasteiger charge is 2.16. The van der Waals surface area contributed by atoms with Crippen LogP contribution in [0, 0.1) is 5.92 Å². The number of thioether (sulfide) groups is 1. The number of hydrogen-bond acceptors (Lipinski definition) is 3. The number of carbonyl (C=O) groups excluding carboxylic acids is 1. The molecule has 19 heavy (non-hydrogen) atoms. The lowest BCUT2D eigenvalue weighted by Crippen LogP contribution is -2.31. The van der Waals surface area contributed by atoms with Crippen LogP contribution in [-0.4, -0.2) is 24.0 Å². The fraction of sp³-hybridized carbons (Fsp3) is 0.462. The van der Waals surface area contributed by atoms with Crippen LogP contribution in [0.4, 0.5) is 5.69 Å². The maximum absolute atomic E-state index is 12.0. The van der Waals surface area contributed by atoms with Crippen molar-refractivity contribution in [1.29, 1.82) is 0 Å². The van der Waals surface area contributed by atoms with Crippen LogP contribution in [0.15, 0.2) is 12.1 Å². The molecule has 1 aliphatic rings. The van der Waals surface area contributed by atoms with Crippen molar-refractivity contribution < 1.29 is 4.79 Å². The number of benzene rings is 1. The summed E-state index contributed by atoms with van der Waals surface area (Å²) in [4.78, 5) is 12.0. The van der Waals surface area contributed by atoms with Crippen molar-refractivity contribution in [3.05, 3.63) is 27.7 Å². The SMILES string of the molecule is Nc1cc(C(=O)NCC2CCSCC2)cc(Cl)c1Cl. The molecule has 1 aromatic carbocycles. The number of carbonyl (C=O) groups is 1. The molecule has 1 heterocycles. The van der Waals surface area contributed by atoms with Gasteiger partial charge in [0.05, 0.1) is 15.7 Å². The molecular weight excluding hydrogens is 303 g/mol. The molecule has 0 aromatic heterocycles. The first-order valence-corrected chi connectivity index (χ1v) is 8.09. The van der Waals surface area contributed by atoms with Gasteiger partial charge in [-0.3, -0.25) is 4.79 Å². The standard InChI is InChI=1S/C13H16Cl2N2OS/c14-10-5-9(6-11(16)12(10)15)13(18)17-7-8-1-3-19-4-2-8/h5-6,8H,1-4,7,16H2,(H,17,18). The average Bonchev–Trinajstić information content (AvgIpc) is 2.42. The first kappa shape index (κ1) is 14.8. The number of nitrogen functional groups attached to an aromatic ring is 1. The minimum absolute atomic E-state index is 0.150. The van der Waals surface area contributed by atoms with Gasteiger partial charge in [0.2, 0.25) is 0 Å². The average molecular weight is 319 g/mol. The van der Waals surface area contributed by atoms with Gasteiger partial charge in [-0.2, -0.15) is 11.8 Å². The second-order valence-corrected chi connectivity index (χ2v) is 6.64. The maximum atomic E-state index is 12.0. The fourth-order valence-electron chi connectivity index (χ4n) is 2.03. The van der Waals surface area contributed by atoms with Gasteiger partial charge in [0.25, 0.3) is 5.91 Å². The number of nitrogens with two attached hydrogens (primary N) is 1. The Hall–Kier alpha value is -0.580. The summed E-state index contributed by atoms with van der Waals surface area (Å²) in [5.41, 5.74) is 6.48. The Morgan fingerprint density at radius 2 is 2.05 bits per heavy atom. The Labute approximate surface area is 127 Å². The third-order valence-electron chi connectivity index (χ3n) is 3.21. The van der Waals surface area contributed by atoms with E-state index in [9.17, 15) is 4.79 Å². The van der Waals surface area contributed by atoms with Crippen molar-refractivity contribution in [3.8, 4) is 0 Å². The lowest BCUT2D eigenvalue weighted by Gasteiger charge is -2.21. The molecule has 104 valence electrons. The van der Waals surface area contributed by atoms with E-state index in [-0.39, 0.29) is 5.91 Å². The Bertz CT molecular complexity index is 453. The van der Waals surface area contributed by atoms with Crippen LogP contribution >= 0.6 is 35.0 Å². The van der Waals surface area contributed by atoms with Gasteiger partial charge in [-0.1, -0.05) is 23.2 Å². The quantitative estimate of drug-likeness (QED) is 0.839. The number of hydrogen-bond donors (Lipinski definition) is 2. The van der Waals surface area contributed by atoms with Gasteiger partial charge in [-0.25, -0.2) is 0 Å². The highest BCUT2D eigenvalue weighted by atomic mass is 35.5. The van der Waals surface area contributed by atoms with Gasteiger partial charge in [0, 0.05) is 12.1 Å². The summed E-state index contributed by atoms with van der Waals surface area (Å²) in [6, 6.07) is 3.10. The molecule has 0 unspecified atom stereocenters. The predicted octanol–water partition coefficient (Wildman–Crippen LogP) is 3.45. The van der Waals surface area contributed by atoms with Gasteiger partial charge in [0.1, 0.15) is 0 Å². The molecule has 3 N–H and O–H groups in total. The largest absolute Gasteiger partial charge is 0.397 e. The van der Waals surface area contributed by atoms with E-state index in [2.05, 4.69) is 5.32 Å². The molecule has 0 radical (unpaired) electrons. The van der Waals surface area contributed by atoms with Crippen LogP contribution < -0.4 is 11.1 Å². The van der Waals surface area contributed by atoms with E-state index in [4.69, 9.17) is 28.9 Å². The third-order valence-corrected chi connectivity index (χ3v) is 5.08. The van der Waals surface area contributed by atoms with Crippen LogP contribution in [0.3, 0.4) is 0 Å². The van der Waals surface area contributed by atoms with E-state index >= 15 is 0 Å². The molecule has 1 saturated heterocycles. The summed E-state index contributed by atoms with van der Waals surface area (Å²) >= 11 is 13.8. The van der Waals surface area contributed by atoms with Gasteiger partial charge >= 0.3 is 0 Å². The summed E-state index contributed by atoms with van der Waals surface area (Å²) in [6.07, 6.45) is 2.32. The topological polar surface area (TPSA) is 55.1 Å². The van der Waals surface area contributed by atoms with Gasteiger partial charge < -0.3 is 11.1 Å². The van der Waals surface area contributed by atoms with Crippen molar-refractivity contribution in [2.75, 3.05) is 23.8 Å². The summed E-state index contributed by atoms with van der Waals surface area (Å²) in [5.74, 6) is 2.79. The van der Waals surface area contributed by atoms with Gasteiger partial charge in [-0.15, -0.1) is 0 Å². The first-order valence-electron chi connectivity index (χ1n) is 6.18. The molecule has 0 saturated carbocycles. The zero-order chi connectivity index (χ0) is 13.8. The molecule has 0 spiro atoms.